The molecule has 1 aromatic heterocycles. The van der Waals surface area contributed by atoms with Gasteiger partial charge in [-0.15, -0.1) is 35.3 Å². The molecule has 0 spiro atoms. The van der Waals surface area contributed by atoms with Crippen LogP contribution in [0.15, 0.2) is 40.7 Å². The molecule has 1 aliphatic carbocycles. The lowest BCUT2D eigenvalue weighted by atomic mass is 10.1. The van der Waals surface area contributed by atoms with Crippen LogP contribution in [0.2, 0.25) is 0 Å². The molecule has 1 fully saturated rings. The van der Waals surface area contributed by atoms with Crippen molar-refractivity contribution in [1.29, 1.82) is 0 Å². The van der Waals surface area contributed by atoms with Gasteiger partial charge in [0.1, 0.15) is 0 Å². The summed E-state index contributed by atoms with van der Waals surface area (Å²) in [5.74, 6) is 2.31. The van der Waals surface area contributed by atoms with Gasteiger partial charge >= 0.3 is 0 Å². The number of thiazole rings is 1. The van der Waals surface area contributed by atoms with Gasteiger partial charge in [0.2, 0.25) is 0 Å². The Kier molecular flexibility index (Phi) is 7.48. The zero-order valence-electron chi connectivity index (χ0n) is 14.2. The molecule has 1 aliphatic rings. The lowest BCUT2D eigenvalue weighted by Crippen LogP contribution is -2.39. The van der Waals surface area contributed by atoms with Gasteiger partial charge in [-0.3, -0.25) is 4.99 Å². The average molecular weight is 456 g/mol. The Bertz CT molecular complexity index is 656. The number of nitrogens with one attached hydrogen (secondary N) is 2. The fraction of sp³-hybridized carbons (Fsp3) is 0.444. The molecule has 0 amide bonds. The molecule has 1 saturated carbocycles. The Morgan fingerprint density at radius 3 is 2.75 bits per heavy atom. The SMILES string of the molecule is CN=C(NCCc1csc(C)n1)NCC1CC1c1ccccc1.I. The summed E-state index contributed by atoms with van der Waals surface area (Å²) < 4.78 is 0. The number of hydrogen-bond acceptors (Lipinski definition) is 3. The van der Waals surface area contributed by atoms with Gasteiger partial charge in [0.05, 0.1) is 10.7 Å². The zero-order chi connectivity index (χ0) is 16.1. The molecule has 6 heteroatoms. The summed E-state index contributed by atoms with van der Waals surface area (Å²) in [7, 11) is 1.82. The van der Waals surface area contributed by atoms with E-state index in [9.17, 15) is 0 Å². The van der Waals surface area contributed by atoms with E-state index in [1.165, 1.54) is 12.0 Å². The van der Waals surface area contributed by atoms with E-state index in [0.717, 1.165) is 42.1 Å². The Labute approximate surface area is 165 Å². The van der Waals surface area contributed by atoms with Crippen molar-refractivity contribution < 1.29 is 0 Å². The van der Waals surface area contributed by atoms with Crippen molar-refractivity contribution in [2.45, 2.75) is 25.7 Å². The largest absolute Gasteiger partial charge is 0.356 e. The van der Waals surface area contributed by atoms with Gasteiger partial charge < -0.3 is 10.6 Å². The quantitative estimate of drug-likeness (QED) is 0.397. The number of aromatic nitrogens is 1. The van der Waals surface area contributed by atoms with Gasteiger partial charge in [0.15, 0.2) is 5.96 Å². The van der Waals surface area contributed by atoms with Gasteiger partial charge in [-0.1, -0.05) is 30.3 Å². The fourth-order valence-electron chi connectivity index (χ4n) is 2.86. The maximum absolute atomic E-state index is 4.48. The first-order valence-electron chi connectivity index (χ1n) is 8.16. The first-order valence-corrected chi connectivity index (χ1v) is 9.04. The van der Waals surface area contributed by atoms with Gasteiger partial charge in [0, 0.05) is 31.9 Å². The summed E-state index contributed by atoms with van der Waals surface area (Å²) in [5, 5.41) is 10.1. The summed E-state index contributed by atoms with van der Waals surface area (Å²) >= 11 is 1.70. The highest BCUT2D eigenvalue weighted by atomic mass is 127. The van der Waals surface area contributed by atoms with Crippen LogP contribution in [0.5, 0.6) is 0 Å². The third-order valence-electron chi connectivity index (χ3n) is 4.25. The van der Waals surface area contributed by atoms with Crippen molar-refractivity contribution in [1.82, 2.24) is 15.6 Å². The van der Waals surface area contributed by atoms with E-state index in [1.54, 1.807) is 11.3 Å². The smallest absolute Gasteiger partial charge is 0.190 e. The van der Waals surface area contributed by atoms with E-state index in [-0.39, 0.29) is 24.0 Å². The van der Waals surface area contributed by atoms with E-state index in [0.29, 0.717) is 5.92 Å². The highest BCUT2D eigenvalue weighted by Crippen LogP contribution is 2.46. The second-order valence-corrected chi connectivity index (χ2v) is 7.06. The Morgan fingerprint density at radius 1 is 1.29 bits per heavy atom. The molecule has 24 heavy (non-hydrogen) atoms. The predicted molar refractivity (Wildman–Crippen MR) is 113 cm³/mol. The third kappa shape index (κ3) is 5.44. The van der Waals surface area contributed by atoms with Crippen molar-refractivity contribution in [3.8, 4) is 0 Å². The first kappa shape index (κ1) is 19.2. The summed E-state index contributed by atoms with van der Waals surface area (Å²) in [4.78, 5) is 8.78. The average Bonchev–Trinajstić information content (AvgIpc) is 3.25. The summed E-state index contributed by atoms with van der Waals surface area (Å²) in [6.07, 6.45) is 2.20. The minimum Gasteiger partial charge on any atom is -0.356 e. The number of aliphatic imine (C=N–C) groups is 1. The summed E-state index contributed by atoms with van der Waals surface area (Å²) in [5.41, 5.74) is 2.61. The van der Waals surface area contributed by atoms with Crippen LogP contribution in [0.1, 0.15) is 28.6 Å². The van der Waals surface area contributed by atoms with Crippen molar-refractivity contribution >= 4 is 41.3 Å². The summed E-state index contributed by atoms with van der Waals surface area (Å²) in [6.45, 7) is 3.88. The lowest BCUT2D eigenvalue weighted by molar-refractivity contribution is 0.716. The number of nitrogens with zero attached hydrogens (tertiary/aromatic N) is 2. The molecule has 1 heterocycles. The molecule has 2 unspecified atom stereocenters. The molecule has 2 atom stereocenters. The van der Waals surface area contributed by atoms with Crippen LogP contribution < -0.4 is 10.6 Å². The second-order valence-electron chi connectivity index (χ2n) is 6.00. The normalized spacial score (nSPS) is 19.5. The third-order valence-corrected chi connectivity index (χ3v) is 5.07. The van der Waals surface area contributed by atoms with Crippen LogP contribution in [-0.4, -0.2) is 31.1 Å². The number of rotatable bonds is 6. The molecular weight excluding hydrogens is 431 g/mol. The molecule has 0 bridgehead atoms. The molecule has 0 radical (unpaired) electrons. The molecule has 1 aromatic carbocycles. The molecule has 2 aromatic rings. The summed E-state index contributed by atoms with van der Waals surface area (Å²) in [6, 6.07) is 10.8. The van der Waals surface area contributed by atoms with E-state index in [2.05, 4.69) is 56.3 Å². The molecular formula is C18H25IN4S. The van der Waals surface area contributed by atoms with Crippen LogP contribution >= 0.6 is 35.3 Å². The maximum Gasteiger partial charge on any atom is 0.190 e. The van der Waals surface area contributed by atoms with Crippen molar-refractivity contribution in [2.75, 3.05) is 20.1 Å². The van der Waals surface area contributed by atoms with Gasteiger partial charge in [-0.2, -0.15) is 0 Å². The van der Waals surface area contributed by atoms with Gasteiger partial charge in [0.25, 0.3) is 0 Å². The van der Waals surface area contributed by atoms with Crippen LogP contribution in [0, 0.1) is 12.8 Å². The molecule has 3 rings (SSSR count). The molecule has 130 valence electrons. The lowest BCUT2D eigenvalue weighted by Gasteiger charge is -2.11. The van der Waals surface area contributed by atoms with Gasteiger partial charge in [-0.05, 0) is 30.7 Å². The van der Waals surface area contributed by atoms with Gasteiger partial charge in [-0.25, -0.2) is 4.98 Å². The predicted octanol–water partition coefficient (Wildman–Crippen LogP) is 3.58. The van der Waals surface area contributed by atoms with Crippen molar-refractivity contribution in [3.05, 3.63) is 52.0 Å². The van der Waals surface area contributed by atoms with Crippen LogP contribution in [0.3, 0.4) is 0 Å². The zero-order valence-corrected chi connectivity index (χ0v) is 17.3. The Balaban J connectivity index is 0.00000208. The molecule has 2 N–H and O–H groups in total. The molecule has 0 saturated heterocycles. The fourth-order valence-corrected chi connectivity index (χ4v) is 3.51. The second kappa shape index (κ2) is 9.36. The number of benzene rings is 1. The van der Waals surface area contributed by atoms with Crippen LogP contribution in [0.4, 0.5) is 0 Å². The van der Waals surface area contributed by atoms with Crippen molar-refractivity contribution in [2.24, 2.45) is 10.9 Å². The standard InChI is InChI=1S/C18H24N4S.HI/c1-13-22-16(12-23-13)8-9-20-18(19-2)21-11-15-10-17(15)14-6-4-3-5-7-14;/h3-7,12,15,17H,8-11H2,1-2H3,(H2,19,20,21);1H. The van der Waals surface area contributed by atoms with E-state index >= 15 is 0 Å². The number of aryl methyl sites for hydroxylation is 1. The van der Waals surface area contributed by atoms with Crippen molar-refractivity contribution in [3.63, 3.8) is 0 Å². The van der Waals surface area contributed by atoms with Crippen LogP contribution in [0.25, 0.3) is 0 Å². The minimum atomic E-state index is 0. The number of halogens is 1. The van der Waals surface area contributed by atoms with E-state index < -0.39 is 0 Å². The molecule has 4 nitrogen and oxygen atoms in total. The topological polar surface area (TPSA) is 49.3 Å². The maximum atomic E-state index is 4.48. The van der Waals surface area contributed by atoms with Crippen LogP contribution in [-0.2, 0) is 6.42 Å². The minimum absolute atomic E-state index is 0. The molecule has 0 aliphatic heterocycles. The highest BCUT2D eigenvalue weighted by molar-refractivity contribution is 14.0. The highest BCUT2D eigenvalue weighted by Gasteiger charge is 2.37. The monoisotopic (exact) mass is 456 g/mol. The Morgan fingerprint density at radius 2 is 2.08 bits per heavy atom. The Hall–Kier alpha value is -1.15. The number of guanidine groups is 1. The number of hydrogen-bond donors (Lipinski definition) is 2. The van der Waals surface area contributed by atoms with E-state index in [1.807, 2.05) is 14.0 Å². The first-order chi connectivity index (χ1) is 11.3. The van der Waals surface area contributed by atoms with E-state index in [4.69, 9.17) is 0 Å².